The summed E-state index contributed by atoms with van der Waals surface area (Å²) in [6, 6.07) is 4.43. The largest absolute Gasteiger partial charge is 0.475 e. The van der Waals surface area contributed by atoms with Crippen LogP contribution in [0.4, 0.5) is 5.82 Å². The number of carbonyl (C=O) groups is 2. The zero-order valence-corrected chi connectivity index (χ0v) is 10.3. The molecule has 2 N–H and O–H groups in total. The predicted molar refractivity (Wildman–Crippen MR) is 63.4 cm³/mol. The van der Waals surface area contributed by atoms with Gasteiger partial charge in [-0.25, -0.2) is 9.78 Å². The van der Waals surface area contributed by atoms with Gasteiger partial charge in [-0.1, -0.05) is 5.16 Å². The van der Waals surface area contributed by atoms with Gasteiger partial charge < -0.3 is 14.9 Å². The lowest BCUT2D eigenvalue weighted by Gasteiger charge is -2.02. The van der Waals surface area contributed by atoms with Gasteiger partial charge in [0.05, 0.1) is 4.47 Å². The summed E-state index contributed by atoms with van der Waals surface area (Å²) in [5.41, 5.74) is -0.134. The van der Waals surface area contributed by atoms with Crippen LogP contribution in [0.25, 0.3) is 0 Å². The third kappa shape index (κ3) is 2.54. The van der Waals surface area contributed by atoms with Crippen LogP contribution in [0.5, 0.6) is 0 Å². The van der Waals surface area contributed by atoms with Gasteiger partial charge in [0.15, 0.2) is 5.69 Å². The Labute approximate surface area is 109 Å². The third-order valence-corrected chi connectivity index (χ3v) is 2.58. The number of carboxylic acids is 1. The molecule has 0 aliphatic rings. The van der Waals surface area contributed by atoms with E-state index < -0.39 is 17.6 Å². The topological polar surface area (TPSA) is 105 Å². The second-order valence-corrected chi connectivity index (χ2v) is 4.02. The molecule has 92 valence electrons. The van der Waals surface area contributed by atoms with E-state index in [-0.39, 0.29) is 5.69 Å². The minimum atomic E-state index is -1.29. The highest BCUT2D eigenvalue weighted by Gasteiger charge is 2.17. The number of rotatable bonds is 3. The molecule has 7 nitrogen and oxygen atoms in total. The second kappa shape index (κ2) is 4.96. The number of hydrogen-bond acceptors (Lipinski definition) is 5. The van der Waals surface area contributed by atoms with Crippen molar-refractivity contribution in [2.75, 3.05) is 5.32 Å². The lowest BCUT2D eigenvalue weighted by atomic mass is 10.3. The average molecular weight is 312 g/mol. The lowest BCUT2D eigenvalue weighted by Crippen LogP contribution is -2.13. The zero-order valence-electron chi connectivity index (χ0n) is 8.75. The number of halogens is 1. The number of aromatic nitrogens is 2. The molecule has 2 heterocycles. The molecule has 8 heteroatoms. The van der Waals surface area contributed by atoms with Crippen molar-refractivity contribution in [1.29, 1.82) is 0 Å². The molecule has 18 heavy (non-hydrogen) atoms. The smallest absolute Gasteiger partial charge is 0.374 e. The van der Waals surface area contributed by atoms with Gasteiger partial charge in [0.1, 0.15) is 5.82 Å². The van der Waals surface area contributed by atoms with Crippen molar-refractivity contribution in [2.24, 2.45) is 0 Å². The van der Waals surface area contributed by atoms with E-state index in [1.165, 1.54) is 6.20 Å². The van der Waals surface area contributed by atoms with E-state index in [2.05, 4.69) is 35.9 Å². The van der Waals surface area contributed by atoms with Gasteiger partial charge >= 0.3 is 5.97 Å². The molecule has 2 aromatic rings. The monoisotopic (exact) mass is 311 g/mol. The van der Waals surface area contributed by atoms with Crippen molar-refractivity contribution in [2.45, 2.75) is 0 Å². The molecule has 0 aliphatic carbocycles. The minimum absolute atomic E-state index is 0.134. The number of aromatic carboxylic acids is 1. The maximum Gasteiger partial charge on any atom is 0.374 e. The average Bonchev–Trinajstić information content (AvgIpc) is 2.81. The van der Waals surface area contributed by atoms with Gasteiger partial charge in [0.25, 0.3) is 5.91 Å². The van der Waals surface area contributed by atoms with Crippen LogP contribution in [0.3, 0.4) is 0 Å². The number of anilines is 1. The van der Waals surface area contributed by atoms with Crippen LogP contribution in [-0.2, 0) is 0 Å². The van der Waals surface area contributed by atoms with Crippen LogP contribution in [0.15, 0.2) is 33.4 Å². The molecule has 2 aromatic heterocycles. The summed E-state index contributed by atoms with van der Waals surface area (Å²) in [6.45, 7) is 0. The molecular formula is C10H6BrN3O4. The van der Waals surface area contributed by atoms with Crippen LogP contribution >= 0.6 is 15.9 Å². The van der Waals surface area contributed by atoms with Crippen LogP contribution < -0.4 is 5.32 Å². The normalized spacial score (nSPS) is 10.1. The van der Waals surface area contributed by atoms with E-state index in [0.29, 0.717) is 10.3 Å². The Hall–Kier alpha value is -2.22. The molecule has 0 saturated heterocycles. The highest BCUT2D eigenvalue weighted by atomic mass is 79.9. The van der Waals surface area contributed by atoms with Crippen molar-refractivity contribution in [1.82, 2.24) is 10.1 Å². The Balaban J connectivity index is 2.17. The van der Waals surface area contributed by atoms with Gasteiger partial charge in [-0.3, -0.25) is 4.79 Å². The summed E-state index contributed by atoms with van der Waals surface area (Å²) in [6.07, 6.45) is 1.51. The van der Waals surface area contributed by atoms with Crippen molar-refractivity contribution >= 4 is 33.6 Å². The number of pyridine rings is 1. The molecule has 0 spiro atoms. The molecule has 0 atom stereocenters. The van der Waals surface area contributed by atoms with Crippen molar-refractivity contribution in [3.63, 3.8) is 0 Å². The SMILES string of the molecule is O=C(Nc1ncccc1Br)c1cc(C(=O)O)on1. The standard InChI is InChI=1S/C10H6BrN3O4/c11-5-2-1-3-12-8(5)13-9(15)6-4-7(10(16)17)18-14-6/h1-4H,(H,16,17)(H,12,13,15). The zero-order chi connectivity index (χ0) is 13.1. The van der Waals surface area contributed by atoms with Gasteiger partial charge in [-0.05, 0) is 28.1 Å². The lowest BCUT2D eigenvalue weighted by molar-refractivity contribution is 0.0651. The Morgan fingerprint density at radius 3 is 2.83 bits per heavy atom. The van der Waals surface area contributed by atoms with E-state index in [4.69, 9.17) is 5.11 Å². The quantitative estimate of drug-likeness (QED) is 0.895. The Kier molecular flexibility index (Phi) is 3.38. The van der Waals surface area contributed by atoms with Gasteiger partial charge in [0, 0.05) is 12.3 Å². The number of carboxylic acid groups (broad SMARTS) is 1. The number of hydrogen-bond donors (Lipinski definition) is 2. The van der Waals surface area contributed by atoms with E-state index in [9.17, 15) is 9.59 Å². The Morgan fingerprint density at radius 2 is 2.22 bits per heavy atom. The number of carbonyl (C=O) groups excluding carboxylic acids is 1. The van der Waals surface area contributed by atoms with E-state index in [1.807, 2.05) is 0 Å². The fourth-order valence-electron chi connectivity index (χ4n) is 1.13. The fourth-order valence-corrected chi connectivity index (χ4v) is 1.49. The first-order valence-electron chi connectivity index (χ1n) is 4.70. The van der Waals surface area contributed by atoms with Crippen molar-refractivity contribution < 1.29 is 19.2 Å². The highest BCUT2D eigenvalue weighted by Crippen LogP contribution is 2.19. The molecule has 0 aromatic carbocycles. The predicted octanol–water partition coefficient (Wildman–Crippen LogP) is 1.78. The second-order valence-electron chi connectivity index (χ2n) is 3.17. The minimum Gasteiger partial charge on any atom is -0.475 e. The maximum absolute atomic E-state index is 11.7. The summed E-state index contributed by atoms with van der Waals surface area (Å²) < 4.78 is 5.07. The Morgan fingerprint density at radius 1 is 1.44 bits per heavy atom. The third-order valence-electron chi connectivity index (χ3n) is 1.94. The first kappa shape index (κ1) is 12.2. The summed E-state index contributed by atoms with van der Waals surface area (Å²) in [5.74, 6) is -1.99. The molecular weight excluding hydrogens is 306 g/mol. The molecule has 0 radical (unpaired) electrons. The molecule has 0 unspecified atom stereocenters. The summed E-state index contributed by atoms with van der Waals surface area (Å²) in [4.78, 5) is 26.2. The molecule has 0 fully saturated rings. The van der Waals surface area contributed by atoms with Crippen LogP contribution in [-0.4, -0.2) is 27.1 Å². The van der Waals surface area contributed by atoms with Gasteiger partial charge in [0.2, 0.25) is 5.76 Å². The fraction of sp³-hybridized carbons (Fsp3) is 0. The van der Waals surface area contributed by atoms with Crippen LogP contribution in [0.1, 0.15) is 21.0 Å². The number of amides is 1. The molecule has 0 aliphatic heterocycles. The van der Waals surface area contributed by atoms with Crippen molar-refractivity contribution in [3.8, 4) is 0 Å². The number of nitrogens with one attached hydrogen (secondary N) is 1. The van der Waals surface area contributed by atoms with Crippen LogP contribution in [0.2, 0.25) is 0 Å². The summed E-state index contributed by atoms with van der Waals surface area (Å²) >= 11 is 3.21. The summed E-state index contributed by atoms with van der Waals surface area (Å²) in [5, 5.41) is 14.4. The Bertz CT molecular complexity index is 611. The van der Waals surface area contributed by atoms with Gasteiger partial charge in [-0.15, -0.1) is 0 Å². The molecule has 2 rings (SSSR count). The van der Waals surface area contributed by atoms with E-state index >= 15 is 0 Å². The first-order chi connectivity index (χ1) is 8.58. The molecule has 1 amide bonds. The molecule has 0 saturated carbocycles. The maximum atomic E-state index is 11.7. The first-order valence-corrected chi connectivity index (χ1v) is 5.49. The highest BCUT2D eigenvalue weighted by molar-refractivity contribution is 9.10. The number of nitrogens with zero attached hydrogens (tertiary/aromatic N) is 2. The summed E-state index contributed by atoms with van der Waals surface area (Å²) in [7, 11) is 0. The van der Waals surface area contributed by atoms with E-state index in [0.717, 1.165) is 6.07 Å². The van der Waals surface area contributed by atoms with Crippen LogP contribution in [0, 0.1) is 0 Å². The van der Waals surface area contributed by atoms with E-state index in [1.54, 1.807) is 12.1 Å². The van der Waals surface area contributed by atoms with Gasteiger partial charge in [-0.2, -0.15) is 0 Å². The molecule has 0 bridgehead atoms. The van der Waals surface area contributed by atoms with Crippen molar-refractivity contribution in [3.05, 3.63) is 40.3 Å².